The molecule has 0 bridgehead atoms. The van der Waals surface area contributed by atoms with Crippen LogP contribution < -0.4 is 5.32 Å². The smallest absolute Gasteiger partial charge is 0.303 e. The number of hydrogen-bond acceptors (Lipinski definition) is 2. The molecule has 126 valence electrons. The topological polar surface area (TPSA) is 49.3 Å². The summed E-state index contributed by atoms with van der Waals surface area (Å²) < 4.78 is 0. The predicted octanol–water partition coefficient (Wildman–Crippen LogP) is 4.33. The van der Waals surface area contributed by atoms with E-state index in [-0.39, 0.29) is 0 Å². The number of aliphatic carboxylic acids is 1. The Kier molecular flexibility index (Phi) is 9.83. The molecule has 0 aromatic heterocycles. The highest BCUT2D eigenvalue weighted by Crippen LogP contribution is 2.30. The van der Waals surface area contributed by atoms with Crippen LogP contribution in [-0.4, -0.2) is 17.6 Å². The van der Waals surface area contributed by atoms with Gasteiger partial charge in [0.2, 0.25) is 0 Å². The molecule has 0 aliphatic heterocycles. The SMILES string of the molecule is C#CCN[C@@H]1CCc2ccccc21.CCCCCCCC(=O)O. The van der Waals surface area contributed by atoms with Gasteiger partial charge < -0.3 is 5.11 Å². The molecule has 0 amide bonds. The number of carboxylic acid groups (broad SMARTS) is 1. The van der Waals surface area contributed by atoms with Crippen molar-refractivity contribution in [2.24, 2.45) is 0 Å². The van der Waals surface area contributed by atoms with Crippen LogP contribution in [0.2, 0.25) is 0 Å². The maximum atomic E-state index is 10.0. The standard InChI is InChI=1S/C12H13N.C8H16O2/c1-2-9-13-12-8-7-10-5-3-4-6-11(10)12;1-2-3-4-5-6-7-8(9)10/h1,3-6,12-13H,7-9H2;2-7H2,1H3,(H,9,10)/t12-;/m1./s1. The van der Waals surface area contributed by atoms with Crippen LogP contribution in [0, 0.1) is 12.3 Å². The van der Waals surface area contributed by atoms with E-state index >= 15 is 0 Å². The van der Waals surface area contributed by atoms with Crippen LogP contribution in [0.15, 0.2) is 24.3 Å². The van der Waals surface area contributed by atoms with Crippen molar-refractivity contribution in [2.75, 3.05) is 6.54 Å². The molecule has 2 N–H and O–H groups in total. The fourth-order valence-electron chi connectivity index (χ4n) is 2.83. The summed E-state index contributed by atoms with van der Waals surface area (Å²) in [7, 11) is 0. The Morgan fingerprint density at radius 2 is 2.04 bits per heavy atom. The van der Waals surface area contributed by atoms with E-state index < -0.39 is 5.97 Å². The number of fused-ring (bicyclic) bond motifs is 1. The molecule has 0 spiro atoms. The first-order valence-electron chi connectivity index (χ1n) is 8.65. The van der Waals surface area contributed by atoms with Gasteiger partial charge in [-0.15, -0.1) is 6.42 Å². The first kappa shape index (κ1) is 19.3. The summed E-state index contributed by atoms with van der Waals surface area (Å²) in [6, 6.07) is 9.06. The van der Waals surface area contributed by atoms with Gasteiger partial charge in [0, 0.05) is 12.5 Å². The molecule has 0 radical (unpaired) electrons. The fourth-order valence-corrected chi connectivity index (χ4v) is 2.83. The number of hydrogen-bond donors (Lipinski definition) is 2. The van der Waals surface area contributed by atoms with Gasteiger partial charge >= 0.3 is 5.97 Å². The van der Waals surface area contributed by atoms with Crippen molar-refractivity contribution in [3.05, 3.63) is 35.4 Å². The fraction of sp³-hybridized carbons (Fsp3) is 0.550. The van der Waals surface area contributed by atoms with Crippen molar-refractivity contribution in [1.82, 2.24) is 5.32 Å². The third-order valence-corrected chi connectivity index (χ3v) is 4.08. The molecule has 3 nitrogen and oxygen atoms in total. The van der Waals surface area contributed by atoms with Crippen LogP contribution in [0.3, 0.4) is 0 Å². The molecule has 2 rings (SSSR count). The molecular formula is C20H29NO2. The van der Waals surface area contributed by atoms with Crippen LogP contribution in [0.4, 0.5) is 0 Å². The molecule has 0 saturated carbocycles. The van der Waals surface area contributed by atoms with E-state index in [1.807, 2.05) is 0 Å². The largest absolute Gasteiger partial charge is 0.481 e. The molecule has 1 aromatic carbocycles. The molecule has 23 heavy (non-hydrogen) atoms. The summed E-state index contributed by atoms with van der Waals surface area (Å²) in [5.74, 6) is 1.94. The minimum atomic E-state index is -0.670. The minimum absolute atomic E-state index is 0.337. The van der Waals surface area contributed by atoms with Crippen molar-refractivity contribution in [3.63, 3.8) is 0 Å². The highest BCUT2D eigenvalue weighted by Gasteiger charge is 2.20. The van der Waals surface area contributed by atoms with E-state index in [4.69, 9.17) is 11.5 Å². The third kappa shape index (κ3) is 7.85. The average Bonchev–Trinajstić information content (AvgIpc) is 2.96. The molecule has 0 fully saturated rings. The van der Waals surface area contributed by atoms with E-state index in [0.717, 1.165) is 12.8 Å². The van der Waals surface area contributed by atoms with Crippen LogP contribution in [0.25, 0.3) is 0 Å². The molecule has 0 unspecified atom stereocenters. The number of carbonyl (C=O) groups is 1. The molecule has 3 heteroatoms. The zero-order valence-electron chi connectivity index (χ0n) is 14.2. The number of nitrogens with one attached hydrogen (secondary N) is 1. The van der Waals surface area contributed by atoms with E-state index in [2.05, 4.69) is 42.4 Å². The van der Waals surface area contributed by atoms with E-state index in [1.165, 1.54) is 43.2 Å². The van der Waals surface area contributed by atoms with Gasteiger partial charge in [0.25, 0.3) is 0 Å². The van der Waals surface area contributed by atoms with Crippen LogP contribution in [-0.2, 0) is 11.2 Å². The van der Waals surface area contributed by atoms with Crippen LogP contribution in [0.1, 0.15) is 69.0 Å². The van der Waals surface area contributed by atoms with E-state index in [0.29, 0.717) is 19.0 Å². The van der Waals surface area contributed by atoms with Crippen molar-refractivity contribution < 1.29 is 9.90 Å². The molecule has 1 aromatic rings. The van der Waals surface area contributed by atoms with Gasteiger partial charge in [-0.25, -0.2) is 0 Å². The molecule has 1 aliphatic rings. The summed E-state index contributed by atoms with van der Waals surface area (Å²) in [5, 5.41) is 11.6. The number of benzene rings is 1. The Balaban J connectivity index is 0.000000241. The van der Waals surface area contributed by atoms with E-state index in [9.17, 15) is 4.79 Å². The molecule has 0 saturated heterocycles. The second kappa shape index (κ2) is 11.7. The highest BCUT2D eigenvalue weighted by molar-refractivity contribution is 5.66. The normalized spacial score (nSPS) is 15.2. The maximum absolute atomic E-state index is 10.0. The first-order chi connectivity index (χ1) is 11.2. The lowest BCUT2D eigenvalue weighted by molar-refractivity contribution is -0.137. The minimum Gasteiger partial charge on any atom is -0.481 e. The molecular weight excluding hydrogens is 286 g/mol. The zero-order chi connectivity index (χ0) is 16.9. The van der Waals surface area contributed by atoms with Gasteiger partial charge in [-0.05, 0) is 30.4 Å². The summed E-state index contributed by atoms with van der Waals surface area (Å²) in [6.07, 6.45) is 13.5. The first-order valence-corrected chi connectivity index (χ1v) is 8.65. The van der Waals surface area contributed by atoms with Crippen LogP contribution in [0.5, 0.6) is 0 Å². The van der Waals surface area contributed by atoms with Gasteiger partial charge in [0.15, 0.2) is 0 Å². The second-order valence-electron chi connectivity index (χ2n) is 5.93. The Morgan fingerprint density at radius 1 is 1.30 bits per heavy atom. The lowest BCUT2D eigenvalue weighted by atomic mass is 10.1. The van der Waals surface area contributed by atoms with Gasteiger partial charge in [0.1, 0.15) is 0 Å². The Hall–Kier alpha value is -1.79. The summed E-state index contributed by atoms with van der Waals surface area (Å²) >= 11 is 0. The Bertz CT molecular complexity index is 505. The van der Waals surface area contributed by atoms with Gasteiger partial charge in [-0.3, -0.25) is 10.1 Å². The highest BCUT2D eigenvalue weighted by atomic mass is 16.4. The zero-order valence-corrected chi connectivity index (χ0v) is 14.2. The van der Waals surface area contributed by atoms with Gasteiger partial charge in [0.05, 0.1) is 6.54 Å². The molecule has 0 heterocycles. The lowest BCUT2D eigenvalue weighted by Gasteiger charge is -2.10. The number of terminal acetylenes is 1. The lowest BCUT2D eigenvalue weighted by Crippen LogP contribution is -2.19. The summed E-state index contributed by atoms with van der Waals surface area (Å²) in [6.45, 7) is 2.82. The van der Waals surface area contributed by atoms with Crippen LogP contribution >= 0.6 is 0 Å². The quantitative estimate of drug-likeness (QED) is 0.554. The molecule has 1 aliphatic carbocycles. The monoisotopic (exact) mass is 315 g/mol. The predicted molar refractivity (Wildman–Crippen MR) is 95.4 cm³/mol. The van der Waals surface area contributed by atoms with Crippen molar-refractivity contribution in [3.8, 4) is 12.3 Å². The number of carboxylic acids is 1. The Labute approximate surface area is 140 Å². The summed E-state index contributed by atoms with van der Waals surface area (Å²) in [4.78, 5) is 10.0. The van der Waals surface area contributed by atoms with Crippen molar-refractivity contribution >= 4 is 5.97 Å². The maximum Gasteiger partial charge on any atom is 0.303 e. The molecule has 1 atom stereocenters. The van der Waals surface area contributed by atoms with E-state index in [1.54, 1.807) is 0 Å². The van der Waals surface area contributed by atoms with Crippen molar-refractivity contribution in [1.29, 1.82) is 0 Å². The number of unbranched alkanes of at least 4 members (excludes halogenated alkanes) is 4. The van der Waals surface area contributed by atoms with Gasteiger partial charge in [-0.1, -0.05) is 62.8 Å². The summed E-state index contributed by atoms with van der Waals surface area (Å²) in [5.41, 5.74) is 2.90. The van der Waals surface area contributed by atoms with Crippen molar-refractivity contribution in [2.45, 2.75) is 64.3 Å². The second-order valence-corrected chi connectivity index (χ2v) is 5.93. The third-order valence-electron chi connectivity index (χ3n) is 4.08. The van der Waals surface area contributed by atoms with Gasteiger partial charge in [-0.2, -0.15) is 0 Å². The average molecular weight is 315 g/mol. The number of rotatable bonds is 8. The Morgan fingerprint density at radius 3 is 2.74 bits per heavy atom. The number of aryl methyl sites for hydroxylation is 1.